The first-order valence-corrected chi connectivity index (χ1v) is 20.4. The average Bonchev–Trinajstić information content (AvgIpc) is 3.48. The lowest BCUT2D eigenvalue weighted by atomic mass is 9.82. The normalized spacial score (nSPS) is 22.6. The van der Waals surface area contributed by atoms with Gasteiger partial charge in [0.15, 0.2) is 0 Å². The predicted octanol–water partition coefficient (Wildman–Crippen LogP) is 5.23. The van der Waals surface area contributed by atoms with Crippen molar-refractivity contribution >= 4 is 40.4 Å². The van der Waals surface area contributed by atoms with E-state index in [9.17, 15) is 29.2 Å². The van der Waals surface area contributed by atoms with Crippen LogP contribution >= 0.6 is 0 Å². The molecule has 8 rings (SSSR count). The van der Waals surface area contributed by atoms with Crippen molar-refractivity contribution in [1.29, 1.82) is 5.26 Å². The van der Waals surface area contributed by atoms with Crippen LogP contribution in [0.1, 0.15) is 101 Å². The standard InChI is InChI=1S/C45H46N6O8/c46-25-29-7-17-39(36-4-3-20-48-41(29)36)59-32-12-8-30(9-13-32)49-42(53)28-5-10-31(11-6-28)57-21-2-1-19-47-26-27-22-34(23-27)58-33-14-15-35-37(24-33)45(56)51(44(35)55)38-16-18-40(52)50-43(38)54/h3-7,10-11,14-15,17,20,24,27,30,32,34,38,47H,1-2,8-9,12-13,16,18-19,21-23,26H2,(H,49,53)(H,50,52,54). The van der Waals surface area contributed by atoms with Crippen LogP contribution in [-0.4, -0.2) is 83.4 Å². The molecule has 1 aromatic heterocycles. The first-order valence-electron chi connectivity index (χ1n) is 20.4. The van der Waals surface area contributed by atoms with Gasteiger partial charge < -0.3 is 24.8 Å². The van der Waals surface area contributed by atoms with Gasteiger partial charge in [-0.2, -0.15) is 5.26 Å². The van der Waals surface area contributed by atoms with Crippen molar-refractivity contribution in [3.8, 4) is 23.3 Å². The lowest BCUT2D eigenvalue weighted by Gasteiger charge is -2.35. The molecule has 3 N–H and O–H groups in total. The Balaban J connectivity index is 0.677. The van der Waals surface area contributed by atoms with Crippen molar-refractivity contribution < 1.29 is 38.2 Å². The molecule has 2 aliphatic carbocycles. The minimum Gasteiger partial charge on any atom is -0.494 e. The van der Waals surface area contributed by atoms with E-state index in [1.54, 1.807) is 42.6 Å². The summed E-state index contributed by atoms with van der Waals surface area (Å²) >= 11 is 0. The Bertz CT molecular complexity index is 2290. The monoisotopic (exact) mass is 798 g/mol. The highest BCUT2D eigenvalue weighted by molar-refractivity contribution is 6.23. The van der Waals surface area contributed by atoms with Gasteiger partial charge in [-0.1, -0.05) is 0 Å². The van der Waals surface area contributed by atoms with Crippen molar-refractivity contribution in [2.75, 3.05) is 19.7 Å². The van der Waals surface area contributed by atoms with E-state index < -0.39 is 29.7 Å². The number of benzene rings is 3. The molecular formula is C45H46N6O8. The highest BCUT2D eigenvalue weighted by Gasteiger charge is 2.45. The van der Waals surface area contributed by atoms with Gasteiger partial charge in [-0.3, -0.25) is 39.2 Å². The van der Waals surface area contributed by atoms with Gasteiger partial charge in [-0.15, -0.1) is 0 Å². The Kier molecular flexibility index (Phi) is 11.8. The number of nitriles is 1. The molecule has 3 heterocycles. The second-order valence-corrected chi connectivity index (χ2v) is 15.7. The fourth-order valence-electron chi connectivity index (χ4n) is 8.32. The van der Waals surface area contributed by atoms with Crippen LogP contribution in [0.15, 0.2) is 72.9 Å². The van der Waals surface area contributed by atoms with Gasteiger partial charge in [-0.05, 0) is 144 Å². The van der Waals surface area contributed by atoms with Crippen LogP contribution in [0.4, 0.5) is 0 Å². The molecule has 3 aromatic carbocycles. The number of amides is 5. The molecule has 2 saturated carbocycles. The third-order valence-corrected chi connectivity index (χ3v) is 11.6. The van der Waals surface area contributed by atoms with Crippen LogP contribution < -0.4 is 30.2 Å². The minimum absolute atomic E-state index is 0.0196. The zero-order valence-corrected chi connectivity index (χ0v) is 32.6. The molecule has 0 radical (unpaired) electrons. The van der Waals surface area contributed by atoms with Gasteiger partial charge in [-0.25, -0.2) is 0 Å². The van der Waals surface area contributed by atoms with Gasteiger partial charge in [0.25, 0.3) is 17.7 Å². The molecule has 14 heteroatoms. The summed E-state index contributed by atoms with van der Waals surface area (Å²) in [6.45, 7) is 2.32. The minimum atomic E-state index is -0.995. The number of ether oxygens (including phenoxy) is 3. The van der Waals surface area contributed by atoms with E-state index in [0.29, 0.717) is 34.9 Å². The Morgan fingerprint density at radius 1 is 0.864 bits per heavy atom. The Hall–Kier alpha value is -6.33. The van der Waals surface area contributed by atoms with Crippen molar-refractivity contribution in [1.82, 2.24) is 25.8 Å². The molecule has 1 saturated heterocycles. The summed E-state index contributed by atoms with van der Waals surface area (Å²) in [5.74, 6) is 0.234. The number of pyridine rings is 1. The van der Waals surface area contributed by atoms with Gasteiger partial charge in [0.2, 0.25) is 11.8 Å². The summed E-state index contributed by atoms with van der Waals surface area (Å²) in [7, 11) is 0. The molecule has 1 unspecified atom stereocenters. The van der Waals surface area contributed by atoms with Gasteiger partial charge in [0.1, 0.15) is 29.4 Å². The molecule has 5 amide bonds. The molecule has 14 nitrogen and oxygen atoms in total. The number of piperidine rings is 1. The number of imide groups is 2. The second kappa shape index (κ2) is 17.7. The van der Waals surface area contributed by atoms with E-state index in [2.05, 4.69) is 27.0 Å². The quantitative estimate of drug-likeness (QED) is 0.106. The zero-order valence-electron chi connectivity index (χ0n) is 32.6. The number of nitrogens with one attached hydrogen (secondary N) is 3. The Morgan fingerprint density at radius 2 is 1.64 bits per heavy atom. The number of unbranched alkanes of at least 4 members (excludes halogenated alkanes) is 1. The number of nitrogens with zero attached hydrogens (tertiary/aromatic N) is 3. The van der Waals surface area contributed by atoms with Crippen LogP contribution in [0, 0.1) is 17.2 Å². The maximum absolute atomic E-state index is 13.1. The summed E-state index contributed by atoms with van der Waals surface area (Å²) in [6, 6.07) is 20.7. The van der Waals surface area contributed by atoms with Gasteiger partial charge in [0, 0.05) is 29.6 Å². The molecular weight excluding hydrogens is 753 g/mol. The summed E-state index contributed by atoms with van der Waals surface area (Å²) in [5.41, 5.74) is 2.21. The van der Waals surface area contributed by atoms with Gasteiger partial charge >= 0.3 is 0 Å². The maximum Gasteiger partial charge on any atom is 0.262 e. The average molecular weight is 799 g/mol. The number of aromatic nitrogens is 1. The largest absolute Gasteiger partial charge is 0.494 e. The summed E-state index contributed by atoms with van der Waals surface area (Å²) in [6.07, 6.45) is 8.78. The first kappa shape index (κ1) is 39.5. The van der Waals surface area contributed by atoms with Crippen molar-refractivity contribution in [2.45, 2.75) is 88.5 Å². The van der Waals surface area contributed by atoms with Crippen LogP contribution in [-0.2, 0) is 9.59 Å². The SMILES string of the molecule is N#Cc1ccc(OC2CCC(NC(=O)c3ccc(OCCCCNCC4CC(Oc5ccc6c(c5)C(=O)N(C5CCC(=O)NC5=O)C6=O)C4)cc3)CC2)c2cccnc12. The molecule has 304 valence electrons. The molecule has 59 heavy (non-hydrogen) atoms. The second-order valence-electron chi connectivity index (χ2n) is 15.7. The van der Waals surface area contributed by atoms with Gasteiger partial charge in [0.05, 0.1) is 41.0 Å². The predicted molar refractivity (Wildman–Crippen MR) is 215 cm³/mol. The highest BCUT2D eigenvalue weighted by Crippen LogP contribution is 2.35. The third kappa shape index (κ3) is 8.90. The van der Waals surface area contributed by atoms with Crippen molar-refractivity contribution in [2.24, 2.45) is 5.92 Å². The molecule has 0 spiro atoms. The fourth-order valence-corrected chi connectivity index (χ4v) is 8.32. The van der Waals surface area contributed by atoms with Crippen LogP contribution in [0.5, 0.6) is 17.2 Å². The van der Waals surface area contributed by atoms with Crippen molar-refractivity contribution in [3.63, 3.8) is 0 Å². The molecule has 1 atom stereocenters. The van der Waals surface area contributed by atoms with E-state index in [-0.39, 0.29) is 48.1 Å². The summed E-state index contributed by atoms with van der Waals surface area (Å²) in [4.78, 5) is 68.2. The highest BCUT2D eigenvalue weighted by atomic mass is 16.5. The van der Waals surface area contributed by atoms with E-state index in [0.717, 1.165) is 86.2 Å². The van der Waals surface area contributed by atoms with Crippen LogP contribution in [0.2, 0.25) is 0 Å². The summed E-state index contributed by atoms with van der Waals surface area (Å²) in [5, 5.41) is 19.1. The molecule has 4 aromatic rings. The number of rotatable bonds is 15. The lowest BCUT2D eigenvalue weighted by molar-refractivity contribution is -0.136. The van der Waals surface area contributed by atoms with E-state index in [4.69, 9.17) is 14.2 Å². The zero-order chi connectivity index (χ0) is 40.9. The Morgan fingerprint density at radius 3 is 2.42 bits per heavy atom. The van der Waals surface area contributed by atoms with Crippen LogP contribution in [0.3, 0.4) is 0 Å². The number of carbonyl (C=O) groups is 5. The maximum atomic E-state index is 13.1. The lowest BCUT2D eigenvalue weighted by Crippen LogP contribution is -2.54. The van der Waals surface area contributed by atoms with E-state index in [1.165, 1.54) is 0 Å². The number of carbonyl (C=O) groups excluding carboxylic acids is 5. The smallest absolute Gasteiger partial charge is 0.262 e. The van der Waals surface area contributed by atoms with E-state index >= 15 is 0 Å². The molecule has 0 bridgehead atoms. The molecule has 4 aliphatic rings. The number of hydrogen-bond donors (Lipinski definition) is 3. The number of fused-ring (bicyclic) bond motifs is 2. The first-order chi connectivity index (χ1) is 28.7. The third-order valence-electron chi connectivity index (χ3n) is 11.6. The summed E-state index contributed by atoms with van der Waals surface area (Å²) < 4.78 is 18.4. The van der Waals surface area contributed by atoms with Crippen LogP contribution in [0.25, 0.3) is 10.9 Å². The Labute approximate surface area is 341 Å². The molecule has 2 aliphatic heterocycles. The fraction of sp³-hybridized carbons (Fsp3) is 0.400. The van der Waals surface area contributed by atoms with Crippen molar-refractivity contribution in [3.05, 3.63) is 95.2 Å². The molecule has 3 fully saturated rings. The topological polar surface area (TPSA) is 189 Å². The number of hydrogen-bond acceptors (Lipinski definition) is 11. The van der Waals surface area contributed by atoms with E-state index in [1.807, 2.05) is 30.3 Å².